The molecule has 0 unspecified atom stereocenters. The van der Waals surface area contributed by atoms with E-state index in [-0.39, 0.29) is 18.2 Å². The van der Waals surface area contributed by atoms with Gasteiger partial charge in [0, 0.05) is 54.9 Å². The molecule has 1 aliphatic heterocycles. The number of imidazole rings is 1. The summed E-state index contributed by atoms with van der Waals surface area (Å²) < 4.78 is 1.83. The molecule has 0 saturated carbocycles. The fraction of sp³-hybridized carbons (Fsp3) is 0.385. The standard InChI is InChI=1S/C26H31N7O.ClH/c1-16-24(17(2)32(5)30-16)23-14-18(8-11-27-23)25(34)26-28-21-7-6-20(15-22(21)29-26)33-12-9-19(10-13-33)31(3)4;/h6-8,11,14-15,19H,9-10,12-13H2,1-5H3,(H,28,29);1H. The number of carbonyl (C=O) groups is 1. The van der Waals surface area contributed by atoms with Gasteiger partial charge in [-0.05, 0) is 71.1 Å². The first kappa shape index (κ1) is 24.9. The molecule has 35 heavy (non-hydrogen) atoms. The van der Waals surface area contributed by atoms with E-state index < -0.39 is 0 Å². The molecule has 0 atom stereocenters. The predicted octanol–water partition coefficient (Wildman–Crippen LogP) is 4.16. The smallest absolute Gasteiger partial charge is 0.228 e. The van der Waals surface area contributed by atoms with Crippen molar-refractivity contribution in [1.29, 1.82) is 0 Å². The second-order valence-corrected chi connectivity index (χ2v) is 9.40. The van der Waals surface area contributed by atoms with Crippen LogP contribution in [0.25, 0.3) is 22.3 Å². The highest BCUT2D eigenvalue weighted by Crippen LogP contribution is 2.27. The Morgan fingerprint density at radius 1 is 1.11 bits per heavy atom. The Kier molecular flexibility index (Phi) is 6.96. The van der Waals surface area contributed by atoms with Gasteiger partial charge >= 0.3 is 0 Å². The van der Waals surface area contributed by atoms with Crippen LogP contribution in [0.15, 0.2) is 36.5 Å². The maximum absolute atomic E-state index is 13.3. The van der Waals surface area contributed by atoms with Crippen LogP contribution in [0, 0.1) is 13.8 Å². The number of rotatable bonds is 5. The van der Waals surface area contributed by atoms with E-state index >= 15 is 0 Å². The number of aromatic nitrogens is 5. The molecular weight excluding hydrogens is 462 g/mol. The zero-order chi connectivity index (χ0) is 24.0. The normalized spacial score (nSPS) is 14.5. The summed E-state index contributed by atoms with van der Waals surface area (Å²) in [5.41, 5.74) is 7.01. The van der Waals surface area contributed by atoms with Crippen LogP contribution in [0.3, 0.4) is 0 Å². The third-order valence-electron chi connectivity index (χ3n) is 7.03. The number of hydrogen-bond acceptors (Lipinski definition) is 6. The molecule has 4 heterocycles. The number of hydrogen-bond donors (Lipinski definition) is 1. The number of nitrogens with zero attached hydrogens (tertiary/aromatic N) is 6. The minimum atomic E-state index is -0.146. The first-order chi connectivity index (χ1) is 16.3. The molecule has 1 aromatic carbocycles. The Labute approximate surface area is 211 Å². The monoisotopic (exact) mass is 493 g/mol. The van der Waals surface area contributed by atoms with Gasteiger partial charge in [-0.1, -0.05) is 0 Å². The second-order valence-electron chi connectivity index (χ2n) is 9.40. The van der Waals surface area contributed by atoms with Crippen LogP contribution in [0.4, 0.5) is 5.69 Å². The summed E-state index contributed by atoms with van der Waals surface area (Å²) >= 11 is 0. The number of anilines is 1. The van der Waals surface area contributed by atoms with Crippen LogP contribution in [-0.2, 0) is 7.05 Å². The van der Waals surface area contributed by atoms with Gasteiger partial charge in [0.15, 0.2) is 5.82 Å². The third-order valence-corrected chi connectivity index (χ3v) is 7.03. The topological polar surface area (TPSA) is 82.9 Å². The number of carbonyl (C=O) groups excluding carboxylic acids is 1. The lowest BCUT2D eigenvalue weighted by atomic mass is 10.0. The average molecular weight is 494 g/mol. The van der Waals surface area contributed by atoms with Gasteiger partial charge in [0.25, 0.3) is 0 Å². The number of piperidine rings is 1. The molecule has 8 nitrogen and oxygen atoms in total. The van der Waals surface area contributed by atoms with Gasteiger partial charge in [0.1, 0.15) is 0 Å². The third kappa shape index (κ3) is 4.68. The van der Waals surface area contributed by atoms with Crippen molar-refractivity contribution in [3.8, 4) is 11.3 Å². The molecule has 1 fully saturated rings. The predicted molar refractivity (Wildman–Crippen MR) is 142 cm³/mol. The largest absolute Gasteiger partial charge is 0.371 e. The molecule has 0 radical (unpaired) electrons. The second kappa shape index (κ2) is 9.79. The summed E-state index contributed by atoms with van der Waals surface area (Å²) in [5, 5.41) is 4.47. The number of aryl methyl sites for hydroxylation is 2. The molecule has 0 amide bonds. The number of nitrogens with one attached hydrogen (secondary N) is 1. The first-order valence-corrected chi connectivity index (χ1v) is 11.7. The van der Waals surface area contributed by atoms with Crippen LogP contribution >= 0.6 is 12.4 Å². The fourth-order valence-corrected chi connectivity index (χ4v) is 4.93. The van der Waals surface area contributed by atoms with Crippen molar-refractivity contribution < 1.29 is 4.79 Å². The summed E-state index contributed by atoms with van der Waals surface area (Å²) in [6.45, 7) is 6.02. The van der Waals surface area contributed by atoms with Crippen molar-refractivity contribution in [3.63, 3.8) is 0 Å². The lowest BCUT2D eigenvalue weighted by molar-refractivity contribution is 0.103. The molecule has 1 aliphatic rings. The van der Waals surface area contributed by atoms with E-state index in [1.54, 1.807) is 12.3 Å². The van der Waals surface area contributed by atoms with Crippen molar-refractivity contribution in [2.24, 2.45) is 7.05 Å². The Bertz CT molecular complexity index is 1370. The van der Waals surface area contributed by atoms with Crippen molar-refractivity contribution in [1.82, 2.24) is 29.6 Å². The molecule has 3 aromatic heterocycles. The number of ketones is 1. The number of pyridine rings is 1. The van der Waals surface area contributed by atoms with Crippen molar-refractivity contribution in [3.05, 3.63) is 59.3 Å². The van der Waals surface area contributed by atoms with E-state index in [1.807, 2.05) is 37.7 Å². The Balaban J connectivity index is 0.00000289. The molecule has 184 valence electrons. The summed E-state index contributed by atoms with van der Waals surface area (Å²) in [6, 6.07) is 10.4. The molecule has 1 N–H and O–H groups in total. The SMILES string of the molecule is Cc1nn(C)c(C)c1-c1cc(C(=O)c2nc3ccc(N4CCC(N(C)C)CC4)cc3[nH]2)ccn1.Cl. The molecule has 0 aliphatic carbocycles. The van der Waals surface area contributed by atoms with E-state index in [1.165, 1.54) is 5.69 Å². The van der Waals surface area contributed by atoms with Gasteiger partial charge in [-0.3, -0.25) is 14.5 Å². The lowest BCUT2D eigenvalue weighted by Gasteiger charge is -2.36. The van der Waals surface area contributed by atoms with E-state index in [0.717, 1.165) is 59.6 Å². The number of halogens is 1. The van der Waals surface area contributed by atoms with Gasteiger partial charge in [-0.2, -0.15) is 5.10 Å². The van der Waals surface area contributed by atoms with Gasteiger partial charge in [-0.15, -0.1) is 12.4 Å². The van der Waals surface area contributed by atoms with E-state index in [9.17, 15) is 4.79 Å². The fourth-order valence-electron chi connectivity index (χ4n) is 4.93. The zero-order valence-electron chi connectivity index (χ0n) is 20.9. The summed E-state index contributed by atoms with van der Waals surface area (Å²) in [7, 11) is 6.22. The highest BCUT2D eigenvalue weighted by Gasteiger charge is 2.22. The minimum absolute atomic E-state index is 0. The minimum Gasteiger partial charge on any atom is -0.371 e. The summed E-state index contributed by atoms with van der Waals surface area (Å²) in [4.78, 5) is 30.4. The highest BCUT2D eigenvalue weighted by atomic mass is 35.5. The lowest BCUT2D eigenvalue weighted by Crippen LogP contribution is -2.41. The number of aromatic amines is 1. The van der Waals surface area contributed by atoms with Crippen molar-refractivity contribution >= 4 is 34.9 Å². The number of fused-ring (bicyclic) bond motifs is 1. The maximum atomic E-state index is 13.3. The number of benzene rings is 1. The number of H-pyrrole nitrogens is 1. The zero-order valence-corrected chi connectivity index (χ0v) is 21.7. The Morgan fingerprint density at radius 3 is 2.51 bits per heavy atom. The highest BCUT2D eigenvalue weighted by molar-refractivity contribution is 6.08. The van der Waals surface area contributed by atoms with Crippen molar-refractivity contribution in [2.45, 2.75) is 32.7 Å². The summed E-state index contributed by atoms with van der Waals surface area (Å²) in [6.07, 6.45) is 3.97. The molecule has 0 spiro atoms. The van der Waals surface area contributed by atoms with Gasteiger partial charge < -0.3 is 14.8 Å². The Hall–Kier alpha value is -3.23. The van der Waals surface area contributed by atoms with Crippen LogP contribution in [0.5, 0.6) is 0 Å². The van der Waals surface area contributed by atoms with Crippen LogP contribution < -0.4 is 4.90 Å². The average Bonchev–Trinajstić information content (AvgIpc) is 3.37. The van der Waals surface area contributed by atoms with Crippen LogP contribution in [0.2, 0.25) is 0 Å². The first-order valence-electron chi connectivity index (χ1n) is 11.7. The van der Waals surface area contributed by atoms with Crippen LogP contribution in [0.1, 0.15) is 40.4 Å². The molecule has 0 bridgehead atoms. The van der Waals surface area contributed by atoms with Gasteiger partial charge in [0.05, 0.1) is 22.4 Å². The van der Waals surface area contributed by atoms with Gasteiger partial charge in [0.2, 0.25) is 5.78 Å². The Morgan fingerprint density at radius 2 is 1.86 bits per heavy atom. The molecule has 1 saturated heterocycles. The van der Waals surface area contributed by atoms with Crippen molar-refractivity contribution in [2.75, 3.05) is 32.1 Å². The maximum Gasteiger partial charge on any atom is 0.228 e. The molecule has 4 aromatic rings. The quantitative estimate of drug-likeness (QED) is 0.420. The molecule has 5 rings (SSSR count). The van der Waals surface area contributed by atoms with E-state index in [2.05, 4.69) is 56.1 Å². The van der Waals surface area contributed by atoms with Crippen LogP contribution in [-0.4, -0.2) is 68.6 Å². The van der Waals surface area contributed by atoms with E-state index in [4.69, 9.17) is 0 Å². The molecular formula is C26H32ClN7O. The summed E-state index contributed by atoms with van der Waals surface area (Å²) in [5.74, 6) is 0.197. The molecule has 9 heteroatoms. The van der Waals surface area contributed by atoms with E-state index in [0.29, 0.717) is 17.4 Å². The van der Waals surface area contributed by atoms with Gasteiger partial charge in [-0.25, -0.2) is 4.98 Å².